The van der Waals surface area contributed by atoms with Gasteiger partial charge in [0.15, 0.2) is 0 Å². The van der Waals surface area contributed by atoms with Crippen LogP contribution in [-0.2, 0) is 4.79 Å². The molecule has 1 aliphatic heterocycles. The topological polar surface area (TPSA) is 40.5 Å². The third-order valence-corrected chi connectivity index (χ3v) is 3.57. The Morgan fingerprint density at radius 3 is 2.69 bits per heavy atom. The van der Waals surface area contributed by atoms with Crippen molar-refractivity contribution < 1.29 is 9.90 Å². The first-order chi connectivity index (χ1) is 6.04. The second-order valence-corrected chi connectivity index (χ2v) is 4.86. The van der Waals surface area contributed by atoms with Gasteiger partial charge in [-0.15, -0.1) is 0 Å². The van der Waals surface area contributed by atoms with Crippen LogP contribution in [0.4, 0.5) is 0 Å². The van der Waals surface area contributed by atoms with Gasteiger partial charge in [-0.05, 0) is 6.92 Å². The van der Waals surface area contributed by atoms with Gasteiger partial charge in [0.2, 0.25) is 5.91 Å². The minimum atomic E-state index is -0.610. The normalized spacial score (nSPS) is 21.8. The first-order valence-corrected chi connectivity index (χ1v) is 5.59. The summed E-state index contributed by atoms with van der Waals surface area (Å²) in [5, 5.41) is 9.24. The van der Waals surface area contributed by atoms with Gasteiger partial charge in [-0.1, -0.05) is 30.9 Å². The number of nitrogens with zero attached hydrogens (tertiary/aromatic N) is 1. The lowest BCUT2D eigenvalue weighted by atomic mass is 10.1. The lowest BCUT2D eigenvalue weighted by molar-refractivity contribution is -0.133. The fraction of sp³-hybridized carbons (Fsp3) is 0.750. The van der Waals surface area contributed by atoms with Crippen LogP contribution in [0.2, 0.25) is 0 Å². The van der Waals surface area contributed by atoms with E-state index in [4.69, 9.17) is 12.2 Å². The molecule has 1 heterocycles. The Morgan fingerprint density at radius 1 is 1.69 bits per heavy atom. The van der Waals surface area contributed by atoms with Crippen LogP contribution in [0.3, 0.4) is 0 Å². The fourth-order valence-electron chi connectivity index (χ4n) is 1.05. The predicted octanol–water partition coefficient (Wildman–Crippen LogP) is 0.864. The molecule has 0 saturated carbocycles. The number of carbonyl (C=O) groups is 1. The summed E-state index contributed by atoms with van der Waals surface area (Å²) in [6.45, 7) is 4.02. The van der Waals surface area contributed by atoms with Gasteiger partial charge >= 0.3 is 0 Å². The Labute approximate surface area is 87.5 Å². The molecule has 5 heteroatoms. The summed E-state index contributed by atoms with van der Waals surface area (Å²) in [5.41, 5.74) is 0. The van der Waals surface area contributed by atoms with E-state index in [9.17, 15) is 9.90 Å². The number of hydrogen-bond acceptors (Lipinski definition) is 4. The third-order valence-electron chi connectivity index (χ3n) is 2.14. The van der Waals surface area contributed by atoms with Crippen LogP contribution in [-0.4, -0.2) is 38.6 Å². The number of hydrogen-bond donors (Lipinski definition) is 1. The van der Waals surface area contributed by atoms with Crippen molar-refractivity contribution in [2.45, 2.75) is 20.0 Å². The molecule has 0 aromatic rings. The lowest BCUT2D eigenvalue weighted by Gasteiger charge is -2.21. The quantitative estimate of drug-likeness (QED) is 0.699. The molecule has 74 valence electrons. The van der Waals surface area contributed by atoms with Crippen LogP contribution in [0, 0.1) is 5.92 Å². The molecule has 0 bridgehead atoms. The largest absolute Gasteiger partial charge is 0.393 e. The summed E-state index contributed by atoms with van der Waals surface area (Å²) < 4.78 is 0.637. The molecule has 13 heavy (non-hydrogen) atoms. The Hall–Kier alpha value is -0.130. The molecule has 2 atom stereocenters. The molecule has 0 aromatic carbocycles. The fourth-order valence-corrected chi connectivity index (χ4v) is 2.26. The van der Waals surface area contributed by atoms with Gasteiger partial charge in [-0.3, -0.25) is 9.69 Å². The van der Waals surface area contributed by atoms with E-state index in [2.05, 4.69) is 0 Å². The van der Waals surface area contributed by atoms with Crippen LogP contribution in [0.1, 0.15) is 13.8 Å². The highest BCUT2D eigenvalue weighted by Gasteiger charge is 2.29. The van der Waals surface area contributed by atoms with Crippen molar-refractivity contribution in [2.24, 2.45) is 5.92 Å². The number of rotatable bonds is 2. The van der Waals surface area contributed by atoms with Gasteiger partial charge in [0.1, 0.15) is 4.32 Å². The molecule has 1 N–H and O–H groups in total. The molecule has 1 amide bonds. The monoisotopic (exact) mass is 219 g/mol. The van der Waals surface area contributed by atoms with Crippen LogP contribution in [0.5, 0.6) is 0 Å². The molecule has 0 spiro atoms. The van der Waals surface area contributed by atoms with E-state index in [1.807, 2.05) is 0 Å². The smallest absolute Gasteiger partial charge is 0.233 e. The Kier molecular flexibility index (Phi) is 3.70. The molecule has 3 nitrogen and oxygen atoms in total. The van der Waals surface area contributed by atoms with Gasteiger partial charge in [0, 0.05) is 12.3 Å². The number of amides is 1. The molecular weight excluding hydrogens is 206 g/mol. The summed E-state index contributed by atoms with van der Waals surface area (Å²) in [7, 11) is 0. The average Bonchev–Trinajstić information content (AvgIpc) is 2.48. The van der Waals surface area contributed by atoms with Crippen molar-refractivity contribution in [1.29, 1.82) is 0 Å². The highest BCUT2D eigenvalue weighted by atomic mass is 32.2. The minimum Gasteiger partial charge on any atom is -0.393 e. The molecule has 1 saturated heterocycles. The van der Waals surface area contributed by atoms with Crippen LogP contribution >= 0.6 is 24.0 Å². The van der Waals surface area contributed by atoms with Crippen molar-refractivity contribution >= 4 is 34.2 Å². The second kappa shape index (κ2) is 4.39. The predicted molar refractivity (Wildman–Crippen MR) is 57.6 cm³/mol. The molecule has 1 aliphatic rings. The molecule has 0 unspecified atom stereocenters. The highest BCUT2D eigenvalue weighted by Crippen LogP contribution is 2.20. The zero-order valence-corrected chi connectivity index (χ0v) is 9.32. The Bertz CT molecular complexity index is 230. The first kappa shape index (κ1) is 10.9. The zero-order chi connectivity index (χ0) is 10.0. The van der Waals surface area contributed by atoms with E-state index in [0.717, 1.165) is 5.75 Å². The van der Waals surface area contributed by atoms with Gasteiger partial charge in [0.25, 0.3) is 0 Å². The molecule has 0 aromatic heterocycles. The maximum Gasteiger partial charge on any atom is 0.233 e. The number of aliphatic hydroxyl groups excluding tert-OH is 1. The average molecular weight is 219 g/mol. The van der Waals surface area contributed by atoms with E-state index in [-0.39, 0.29) is 11.8 Å². The Balaban J connectivity index is 2.61. The van der Waals surface area contributed by atoms with Gasteiger partial charge < -0.3 is 5.11 Å². The molecule has 1 rings (SSSR count). The van der Waals surface area contributed by atoms with E-state index in [1.165, 1.54) is 11.8 Å². The van der Waals surface area contributed by atoms with Crippen molar-refractivity contribution in [3.05, 3.63) is 0 Å². The van der Waals surface area contributed by atoms with Gasteiger partial charge in [-0.2, -0.15) is 0 Å². The first-order valence-electron chi connectivity index (χ1n) is 4.20. The van der Waals surface area contributed by atoms with E-state index in [0.29, 0.717) is 10.9 Å². The van der Waals surface area contributed by atoms with Crippen molar-refractivity contribution in [2.75, 3.05) is 12.3 Å². The Morgan fingerprint density at radius 2 is 2.31 bits per heavy atom. The number of thioether (sulfide) groups is 1. The third kappa shape index (κ3) is 2.42. The van der Waals surface area contributed by atoms with Gasteiger partial charge in [0.05, 0.1) is 12.0 Å². The maximum atomic E-state index is 11.7. The van der Waals surface area contributed by atoms with E-state index in [1.54, 1.807) is 18.7 Å². The van der Waals surface area contributed by atoms with E-state index >= 15 is 0 Å². The highest BCUT2D eigenvalue weighted by molar-refractivity contribution is 8.23. The summed E-state index contributed by atoms with van der Waals surface area (Å²) in [4.78, 5) is 13.2. The molecular formula is C8H13NO2S2. The van der Waals surface area contributed by atoms with Gasteiger partial charge in [-0.25, -0.2) is 0 Å². The number of thiocarbonyl (C=S) groups is 1. The molecule has 1 fully saturated rings. The van der Waals surface area contributed by atoms with Crippen LogP contribution in [0.25, 0.3) is 0 Å². The second-order valence-electron chi connectivity index (χ2n) is 3.13. The van der Waals surface area contributed by atoms with E-state index < -0.39 is 6.10 Å². The SMILES string of the molecule is C[C@H](O)[C@@H](C)C(=O)N1CCSC1=S. The van der Waals surface area contributed by atoms with Crippen molar-refractivity contribution in [1.82, 2.24) is 4.90 Å². The number of carbonyl (C=O) groups excluding carboxylic acids is 1. The summed E-state index contributed by atoms with van der Waals surface area (Å²) in [6.07, 6.45) is -0.610. The molecule has 0 aliphatic carbocycles. The van der Waals surface area contributed by atoms with Crippen LogP contribution < -0.4 is 0 Å². The minimum absolute atomic E-state index is 0.0648. The summed E-state index contributed by atoms with van der Waals surface area (Å²) in [5.74, 6) is 0.443. The van der Waals surface area contributed by atoms with Crippen LogP contribution in [0.15, 0.2) is 0 Å². The van der Waals surface area contributed by atoms with Crippen molar-refractivity contribution in [3.63, 3.8) is 0 Å². The summed E-state index contributed by atoms with van der Waals surface area (Å²) >= 11 is 6.53. The standard InChI is InChI=1S/C8H13NO2S2/c1-5(6(2)10)7(11)9-3-4-13-8(9)12/h5-6,10H,3-4H2,1-2H3/t5-,6+/m1/s1. The maximum absolute atomic E-state index is 11.7. The van der Waals surface area contributed by atoms with Crippen molar-refractivity contribution in [3.8, 4) is 0 Å². The lowest BCUT2D eigenvalue weighted by Crippen LogP contribution is -2.38. The number of aliphatic hydroxyl groups is 1. The summed E-state index contributed by atoms with van der Waals surface area (Å²) in [6, 6.07) is 0. The molecule has 0 radical (unpaired) electrons. The zero-order valence-electron chi connectivity index (χ0n) is 7.69.